The van der Waals surface area contributed by atoms with Gasteiger partial charge in [-0.3, -0.25) is 13.9 Å². The van der Waals surface area contributed by atoms with Gasteiger partial charge in [0.25, 0.3) is 10.0 Å². The van der Waals surface area contributed by atoms with Gasteiger partial charge in [-0.1, -0.05) is 36.2 Å². The van der Waals surface area contributed by atoms with Crippen LogP contribution in [0.5, 0.6) is 23.0 Å². The average Bonchev–Trinajstić information content (AvgIpc) is 3.03. The molecule has 0 saturated carbocycles. The molecule has 3 rings (SSSR count). The van der Waals surface area contributed by atoms with Crippen LogP contribution in [0.3, 0.4) is 0 Å². The molecule has 1 N–H and O–H groups in total. The van der Waals surface area contributed by atoms with Crippen LogP contribution in [0.2, 0.25) is 10.0 Å². The highest BCUT2D eigenvalue weighted by Gasteiger charge is 2.35. The smallest absolute Gasteiger partial charge is 0.265 e. The third-order valence-corrected chi connectivity index (χ3v) is 9.36. The largest absolute Gasteiger partial charge is 0.497 e. The second-order valence-corrected chi connectivity index (χ2v) is 12.0. The minimum Gasteiger partial charge on any atom is -0.497 e. The van der Waals surface area contributed by atoms with Crippen molar-refractivity contribution in [3.05, 3.63) is 70.2 Å². The Hall–Kier alpha value is -3.87. The van der Waals surface area contributed by atoms with Gasteiger partial charge in [0.2, 0.25) is 11.8 Å². The van der Waals surface area contributed by atoms with E-state index in [0.717, 1.165) is 4.31 Å². The molecule has 1 atom stereocenters. The highest BCUT2D eigenvalue weighted by Crippen LogP contribution is 2.38. The average molecular weight is 669 g/mol. The number of hydrogen-bond acceptors (Lipinski definition) is 8. The van der Waals surface area contributed by atoms with Gasteiger partial charge >= 0.3 is 0 Å². The van der Waals surface area contributed by atoms with Crippen molar-refractivity contribution in [1.29, 1.82) is 0 Å². The molecule has 0 spiro atoms. The predicted molar refractivity (Wildman–Crippen MR) is 169 cm³/mol. The molecule has 3 aromatic rings. The molecule has 2 amide bonds. The maximum absolute atomic E-state index is 14.4. The summed E-state index contributed by atoms with van der Waals surface area (Å²) in [6.07, 6.45) is 0.221. The molecule has 11 nitrogen and oxygen atoms in total. The van der Waals surface area contributed by atoms with Crippen molar-refractivity contribution >= 4 is 50.7 Å². The van der Waals surface area contributed by atoms with Crippen molar-refractivity contribution < 1.29 is 37.0 Å². The van der Waals surface area contributed by atoms with Crippen molar-refractivity contribution in [3.63, 3.8) is 0 Å². The van der Waals surface area contributed by atoms with E-state index in [1.54, 1.807) is 31.2 Å². The Morgan fingerprint density at radius 1 is 0.864 bits per heavy atom. The Morgan fingerprint density at radius 3 is 2.02 bits per heavy atom. The maximum Gasteiger partial charge on any atom is 0.265 e. The summed E-state index contributed by atoms with van der Waals surface area (Å²) < 4.78 is 51.1. The van der Waals surface area contributed by atoms with E-state index in [9.17, 15) is 18.0 Å². The van der Waals surface area contributed by atoms with Gasteiger partial charge in [0.15, 0.2) is 11.5 Å². The molecular formula is C30H35Cl2N3O8S. The van der Waals surface area contributed by atoms with Crippen molar-refractivity contribution in [2.45, 2.75) is 30.8 Å². The second-order valence-electron chi connectivity index (χ2n) is 9.33. The number of nitrogens with one attached hydrogen (secondary N) is 1. The minimum atomic E-state index is -4.48. The number of ether oxygens (including phenoxy) is 4. The van der Waals surface area contributed by atoms with Gasteiger partial charge in [-0.25, -0.2) is 8.42 Å². The number of likely N-dealkylation sites (N-methyl/N-ethyl adjacent to an activating group) is 1. The lowest BCUT2D eigenvalue weighted by molar-refractivity contribution is -0.140. The molecule has 0 aliphatic heterocycles. The van der Waals surface area contributed by atoms with Crippen LogP contribution < -0.4 is 28.6 Å². The molecule has 0 bridgehead atoms. The highest BCUT2D eigenvalue weighted by molar-refractivity contribution is 7.92. The zero-order valence-electron chi connectivity index (χ0n) is 25.2. The number of amides is 2. The second kappa shape index (κ2) is 15.2. The molecule has 0 aliphatic rings. The zero-order chi connectivity index (χ0) is 32.6. The van der Waals surface area contributed by atoms with E-state index >= 15 is 0 Å². The SMILES string of the molecule is CCC(C(=O)NC)N(Cc1c(Cl)cccc1Cl)C(=O)CN(c1cc(OC)ccc1OC)S(=O)(=O)c1ccc(OC)c(OC)c1. The third-order valence-electron chi connectivity index (χ3n) is 6.90. The molecule has 1 unspecified atom stereocenters. The molecule has 0 fully saturated rings. The molecule has 0 aliphatic carbocycles. The molecule has 238 valence electrons. The fourth-order valence-electron chi connectivity index (χ4n) is 4.55. The topological polar surface area (TPSA) is 124 Å². The predicted octanol–water partition coefficient (Wildman–Crippen LogP) is 4.78. The summed E-state index contributed by atoms with van der Waals surface area (Å²) in [5, 5.41) is 3.14. The van der Waals surface area contributed by atoms with E-state index in [4.69, 9.17) is 42.1 Å². The lowest BCUT2D eigenvalue weighted by atomic mass is 10.1. The summed E-state index contributed by atoms with van der Waals surface area (Å²) >= 11 is 12.9. The number of hydrogen-bond donors (Lipinski definition) is 1. The van der Waals surface area contributed by atoms with Gasteiger partial charge in [0.05, 0.1) is 39.0 Å². The molecule has 14 heteroatoms. The quantitative estimate of drug-likeness (QED) is 0.261. The Balaban J connectivity index is 2.23. The van der Waals surface area contributed by atoms with Crippen LogP contribution in [0.4, 0.5) is 5.69 Å². The number of carbonyl (C=O) groups is 2. The van der Waals surface area contributed by atoms with E-state index in [1.165, 1.54) is 70.7 Å². The molecular weight excluding hydrogens is 633 g/mol. The Kier molecular flexibility index (Phi) is 12.0. The van der Waals surface area contributed by atoms with E-state index < -0.39 is 34.4 Å². The van der Waals surface area contributed by atoms with Gasteiger partial charge in [-0.15, -0.1) is 0 Å². The van der Waals surface area contributed by atoms with Gasteiger partial charge in [0.1, 0.15) is 24.1 Å². The molecule has 0 saturated heterocycles. The van der Waals surface area contributed by atoms with E-state index in [1.807, 2.05) is 0 Å². The summed E-state index contributed by atoms with van der Waals surface area (Å²) in [6.45, 7) is 0.843. The van der Waals surface area contributed by atoms with E-state index in [2.05, 4.69) is 5.32 Å². The third kappa shape index (κ3) is 7.43. The van der Waals surface area contributed by atoms with Crippen LogP contribution in [0.15, 0.2) is 59.5 Å². The lowest BCUT2D eigenvalue weighted by Crippen LogP contribution is -2.51. The number of halogens is 2. The number of nitrogens with zero attached hydrogens (tertiary/aromatic N) is 2. The van der Waals surface area contributed by atoms with Gasteiger partial charge < -0.3 is 29.2 Å². The first-order chi connectivity index (χ1) is 21.0. The molecule has 0 radical (unpaired) electrons. The monoisotopic (exact) mass is 667 g/mol. The Morgan fingerprint density at radius 2 is 1.48 bits per heavy atom. The van der Waals surface area contributed by atoms with Crippen molar-refractivity contribution in [1.82, 2.24) is 10.2 Å². The number of benzene rings is 3. The maximum atomic E-state index is 14.4. The fraction of sp³-hybridized carbons (Fsp3) is 0.333. The van der Waals surface area contributed by atoms with Crippen molar-refractivity contribution in [2.24, 2.45) is 0 Å². The lowest BCUT2D eigenvalue weighted by Gasteiger charge is -2.33. The van der Waals surface area contributed by atoms with Gasteiger partial charge in [0, 0.05) is 41.3 Å². The molecule has 0 aromatic heterocycles. The summed E-state index contributed by atoms with van der Waals surface area (Å²) in [7, 11) is 2.57. The van der Waals surface area contributed by atoms with E-state index in [-0.39, 0.29) is 45.1 Å². The van der Waals surface area contributed by atoms with Crippen LogP contribution in [0, 0.1) is 0 Å². The summed E-state index contributed by atoms with van der Waals surface area (Å²) in [5.41, 5.74) is 0.429. The highest BCUT2D eigenvalue weighted by atomic mass is 35.5. The van der Waals surface area contributed by atoms with Crippen LogP contribution >= 0.6 is 23.2 Å². The molecule has 3 aromatic carbocycles. The Bertz CT molecular complexity index is 1580. The summed E-state index contributed by atoms with van der Waals surface area (Å²) in [4.78, 5) is 28.3. The van der Waals surface area contributed by atoms with Crippen LogP contribution in [0.25, 0.3) is 0 Å². The van der Waals surface area contributed by atoms with Crippen LogP contribution in [-0.2, 0) is 26.2 Å². The minimum absolute atomic E-state index is 0.0266. The summed E-state index contributed by atoms with van der Waals surface area (Å²) in [5.74, 6) is -0.202. The molecule has 44 heavy (non-hydrogen) atoms. The first-order valence-electron chi connectivity index (χ1n) is 13.4. The van der Waals surface area contributed by atoms with Gasteiger partial charge in [-0.2, -0.15) is 0 Å². The fourth-order valence-corrected chi connectivity index (χ4v) is 6.50. The molecule has 0 heterocycles. The number of rotatable bonds is 14. The number of carbonyl (C=O) groups excluding carboxylic acids is 2. The number of sulfonamides is 1. The number of methoxy groups -OCH3 is 4. The zero-order valence-corrected chi connectivity index (χ0v) is 27.5. The van der Waals surface area contributed by atoms with Crippen molar-refractivity contribution in [3.8, 4) is 23.0 Å². The first kappa shape index (κ1) is 34.6. The van der Waals surface area contributed by atoms with Crippen molar-refractivity contribution in [2.75, 3.05) is 46.3 Å². The first-order valence-corrected chi connectivity index (χ1v) is 15.6. The normalized spacial score (nSPS) is 11.7. The van der Waals surface area contributed by atoms with Gasteiger partial charge in [-0.05, 0) is 42.8 Å². The Labute approximate surface area is 267 Å². The number of anilines is 1. The summed E-state index contributed by atoms with van der Waals surface area (Å²) in [6, 6.07) is 12.5. The standard InChI is InChI=1S/C30H35Cl2N3O8S/c1-7-24(30(37)33-2)34(17-21-22(31)9-8-10-23(21)32)29(36)18-35(25-15-19(40-3)11-13-26(25)41-4)44(38,39)20-12-14-27(42-5)28(16-20)43-6/h8-16,24H,7,17-18H2,1-6H3,(H,33,37). The van der Waals surface area contributed by atoms with Crippen LogP contribution in [-0.4, -0.2) is 73.2 Å². The van der Waals surface area contributed by atoms with E-state index in [0.29, 0.717) is 17.1 Å². The van der Waals surface area contributed by atoms with Crippen LogP contribution in [0.1, 0.15) is 18.9 Å².